The highest BCUT2D eigenvalue weighted by atomic mass is 32.2. The lowest BCUT2D eigenvalue weighted by Gasteiger charge is -2.16. The van der Waals surface area contributed by atoms with Crippen molar-refractivity contribution in [3.8, 4) is 22.8 Å². The molecule has 0 aliphatic carbocycles. The molecule has 0 radical (unpaired) electrons. The second-order valence-electron chi connectivity index (χ2n) is 7.21. The number of nitrogens with one attached hydrogen (secondary N) is 2. The van der Waals surface area contributed by atoms with Crippen LogP contribution in [-0.4, -0.2) is 33.6 Å². The minimum absolute atomic E-state index is 0.0324. The lowest BCUT2D eigenvalue weighted by atomic mass is 10.0. The summed E-state index contributed by atoms with van der Waals surface area (Å²) in [5, 5.41) is 3.00. The summed E-state index contributed by atoms with van der Waals surface area (Å²) >= 11 is 0. The molecule has 2 aromatic heterocycles. The molecule has 1 aliphatic rings. The summed E-state index contributed by atoms with van der Waals surface area (Å²) in [5.74, 6) is 0.119. The number of benzene rings is 1. The number of hydrogen-bond donors (Lipinski definition) is 2. The topological polar surface area (TPSA) is 97.2 Å². The Morgan fingerprint density at radius 2 is 1.90 bits per heavy atom. The Balaban J connectivity index is 1.80. The Kier molecular flexibility index (Phi) is 5.73. The van der Waals surface area contributed by atoms with Crippen LogP contribution in [0.25, 0.3) is 11.1 Å². The van der Waals surface area contributed by atoms with Crippen molar-refractivity contribution in [2.24, 2.45) is 0 Å². The fourth-order valence-corrected chi connectivity index (χ4v) is 4.00. The highest BCUT2D eigenvalue weighted by Crippen LogP contribution is 2.34. The zero-order valence-corrected chi connectivity index (χ0v) is 17.5. The maximum atomic E-state index is 14.6. The zero-order chi connectivity index (χ0) is 22.0. The molecular weight excluding hydrogens is 426 g/mol. The molecule has 0 saturated heterocycles. The number of halogens is 2. The Morgan fingerprint density at radius 3 is 2.71 bits per heavy atom. The number of nitrogens with zero attached hydrogens (tertiary/aromatic N) is 2. The molecule has 0 fully saturated rings. The molecular formula is C21H20F2N4O3S. The summed E-state index contributed by atoms with van der Waals surface area (Å²) in [7, 11) is -2.78. The van der Waals surface area contributed by atoms with Crippen LogP contribution in [0, 0.1) is 16.4 Å². The third kappa shape index (κ3) is 5.26. The van der Waals surface area contributed by atoms with Crippen molar-refractivity contribution in [2.75, 3.05) is 24.8 Å². The van der Waals surface area contributed by atoms with Crippen LogP contribution >= 0.6 is 0 Å². The normalized spacial score (nSPS) is 15.3. The number of ether oxygens (including phenoxy) is 2. The number of pyridine rings is 2. The van der Waals surface area contributed by atoms with E-state index in [0.717, 1.165) is 6.20 Å². The highest BCUT2D eigenvalue weighted by Gasteiger charge is 2.16. The van der Waals surface area contributed by atoms with E-state index in [2.05, 4.69) is 15.3 Å². The van der Waals surface area contributed by atoms with Gasteiger partial charge in [0.15, 0.2) is 0 Å². The molecule has 2 N–H and O–H groups in total. The molecule has 10 heteroatoms. The molecule has 1 aromatic carbocycles. The van der Waals surface area contributed by atoms with Crippen LogP contribution in [0.5, 0.6) is 11.6 Å². The van der Waals surface area contributed by atoms with Crippen molar-refractivity contribution < 1.29 is 22.5 Å². The second kappa shape index (κ2) is 8.46. The minimum atomic E-state index is -2.78. The fraction of sp³-hybridized carbons (Fsp3) is 0.238. The van der Waals surface area contributed by atoms with E-state index in [1.807, 2.05) is 0 Å². The van der Waals surface area contributed by atoms with Crippen LogP contribution in [0.2, 0.25) is 0 Å². The third-order valence-corrected chi connectivity index (χ3v) is 5.33. The lowest BCUT2D eigenvalue weighted by molar-refractivity contribution is 0.242. The average molecular weight is 446 g/mol. The van der Waals surface area contributed by atoms with Crippen molar-refractivity contribution in [3.63, 3.8) is 0 Å². The predicted octanol–water partition coefficient (Wildman–Crippen LogP) is 4.50. The molecule has 162 valence electrons. The molecule has 0 spiro atoms. The van der Waals surface area contributed by atoms with Crippen LogP contribution in [0.4, 0.5) is 20.4 Å². The van der Waals surface area contributed by atoms with E-state index in [-0.39, 0.29) is 36.2 Å². The number of fused-ring (bicyclic) bond motifs is 6. The van der Waals surface area contributed by atoms with Crippen molar-refractivity contribution in [3.05, 3.63) is 59.8 Å². The van der Waals surface area contributed by atoms with Gasteiger partial charge in [0, 0.05) is 45.7 Å². The van der Waals surface area contributed by atoms with Gasteiger partial charge in [-0.25, -0.2) is 18.0 Å². The summed E-state index contributed by atoms with van der Waals surface area (Å²) in [4.78, 5) is 8.42. The van der Waals surface area contributed by atoms with Gasteiger partial charge >= 0.3 is 0 Å². The van der Waals surface area contributed by atoms with Gasteiger partial charge in [0.1, 0.15) is 29.0 Å². The summed E-state index contributed by atoms with van der Waals surface area (Å²) in [6.07, 6.45) is 2.89. The van der Waals surface area contributed by atoms with Crippen LogP contribution in [0.3, 0.4) is 0 Å². The van der Waals surface area contributed by atoms with Crippen molar-refractivity contribution in [2.45, 2.75) is 12.2 Å². The molecule has 4 rings (SSSR count). The van der Waals surface area contributed by atoms with Gasteiger partial charge in [-0.1, -0.05) is 0 Å². The molecule has 0 amide bonds. The van der Waals surface area contributed by atoms with Crippen molar-refractivity contribution in [1.82, 2.24) is 9.97 Å². The number of anilines is 2. The molecule has 0 saturated carbocycles. The van der Waals surface area contributed by atoms with E-state index >= 15 is 0 Å². The number of aromatic nitrogens is 2. The largest absolute Gasteiger partial charge is 0.493 e. The number of rotatable bonds is 2. The minimum Gasteiger partial charge on any atom is -0.493 e. The maximum Gasteiger partial charge on any atom is 0.215 e. The number of hydrogen-bond acceptors (Lipinski definition) is 7. The SMILES string of the molecule is C[S@@](=N)(=O)Cc1cc2nc(c1)OCCCOc1cc(F)ccc1-c1cc(ncc1F)N2. The Bertz CT molecular complexity index is 1240. The first-order valence-corrected chi connectivity index (χ1v) is 11.6. The molecule has 1 aliphatic heterocycles. The molecule has 3 aromatic rings. The van der Waals surface area contributed by atoms with E-state index < -0.39 is 21.4 Å². The Hall–Kier alpha value is -3.27. The van der Waals surface area contributed by atoms with Gasteiger partial charge in [0.2, 0.25) is 5.88 Å². The molecule has 0 unspecified atom stereocenters. The monoisotopic (exact) mass is 446 g/mol. The van der Waals surface area contributed by atoms with E-state index in [0.29, 0.717) is 29.2 Å². The first-order chi connectivity index (χ1) is 14.8. The zero-order valence-electron chi connectivity index (χ0n) is 16.7. The lowest BCUT2D eigenvalue weighted by Crippen LogP contribution is -2.09. The van der Waals surface area contributed by atoms with Gasteiger partial charge in [-0.2, -0.15) is 4.98 Å². The first kappa shape index (κ1) is 21.0. The highest BCUT2D eigenvalue weighted by molar-refractivity contribution is 7.90. The van der Waals surface area contributed by atoms with Gasteiger partial charge in [0.05, 0.1) is 25.2 Å². The fourth-order valence-electron chi connectivity index (χ4n) is 3.20. The van der Waals surface area contributed by atoms with E-state index in [1.54, 1.807) is 12.1 Å². The van der Waals surface area contributed by atoms with Crippen molar-refractivity contribution >= 4 is 21.4 Å². The molecule has 7 nitrogen and oxygen atoms in total. The quantitative estimate of drug-likeness (QED) is 0.602. The van der Waals surface area contributed by atoms with Crippen LogP contribution in [0.1, 0.15) is 12.0 Å². The van der Waals surface area contributed by atoms with Gasteiger partial charge < -0.3 is 14.8 Å². The standard InChI is InChI=1S/C21H20F2N4O3S/c1-31(24,28)12-13-7-20-26-19-10-16(17(23)11-25-19)15-4-3-14(22)9-18(15)29-5-2-6-30-21(8-13)27-20/h3-4,7-11,24H,2,5-6,12H2,1H3,(H,25,26,27)/t31-/m1/s1. The van der Waals surface area contributed by atoms with E-state index in [1.165, 1.54) is 30.5 Å². The average Bonchev–Trinajstić information content (AvgIpc) is 2.67. The summed E-state index contributed by atoms with van der Waals surface area (Å²) in [6, 6.07) is 8.66. The second-order valence-corrected chi connectivity index (χ2v) is 9.51. The maximum absolute atomic E-state index is 14.6. The van der Waals surface area contributed by atoms with Gasteiger partial charge in [-0.15, -0.1) is 0 Å². The summed E-state index contributed by atoms with van der Waals surface area (Å²) in [6.45, 7) is 0.483. The van der Waals surface area contributed by atoms with E-state index in [9.17, 15) is 13.0 Å². The third-order valence-electron chi connectivity index (χ3n) is 4.45. The summed E-state index contributed by atoms with van der Waals surface area (Å²) in [5.41, 5.74) is 1.20. The van der Waals surface area contributed by atoms with Gasteiger partial charge in [-0.3, -0.25) is 4.78 Å². The van der Waals surface area contributed by atoms with Crippen LogP contribution < -0.4 is 14.8 Å². The Morgan fingerprint density at radius 1 is 1.10 bits per heavy atom. The Labute approximate surface area is 178 Å². The smallest absolute Gasteiger partial charge is 0.215 e. The predicted molar refractivity (Wildman–Crippen MR) is 113 cm³/mol. The van der Waals surface area contributed by atoms with Crippen LogP contribution in [0.15, 0.2) is 42.6 Å². The summed E-state index contributed by atoms with van der Waals surface area (Å²) < 4.78 is 59.4. The molecule has 1 atom stereocenters. The van der Waals surface area contributed by atoms with E-state index in [4.69, 9.17) is 14.3 Å². The van der Waals surface area contributed by atoms with Crippen molar-refractivity contribution in [1.29, 1.82) is 4.78 Å². The molecule has 31 heavy (non-hydrogen) atoms. The van der Waals surface area contributed by atoms with Gasteiger partial charge in [0.25, 0.3) is 0 Å². The van der Waals surface area contributed by atoms with Gasteiger partial charge in [-0.05, 0) is 29.8 Å². The molecule has 3 heterocycles. The molecule has 4 bridgehead atoms. The first-order valence-electron chi connectivity index (χ1n) is 9.47. The van der Waals surface area contributed by atoms with Crippen LogP contribution in [-0.2, 0) is 15.5 Å².